The quantitative estimate of drug-likeness (QED) is 0.246. The van der Waals surface area contributed by atoms with Gasteiger partial charge in [-0.05, 0) is 66.1 Å². The third-order valence-corrected chi connectivity index (χ3v) is 5.84. The predicted molar refractivity (Wildman–Crippen MR) is 134 cm³/mol. The van der Waals surface area contributed by atoms with Crippen molar-refractivity contribution in [3.8, 4) is 17.2 Å². The van der Waals surface area contributed by atoms with Gasteiger partial charge in [0.15, 0.2) is 11.5 Å². The average molecular weight is 506 g/mol. The molecule has 0 saturated heterocycles. The van der Waals surface area contributed by atoms with Crippen LogP contribution in [0.2, 0.25) is 0 Å². The van der Waals surface area contributed by atoms with E-state index in [0.29, 0.717) is 29.4 Å². The van der Waals surface area contributed by atoms with Crippen LogP contribution in [-0.4, -0.2) is 42.9 Å². The summed E-state index contributed by atoms with van der Waals surface area (Å²) in [6, 6.07) is 17.9. The summed E-state index contributed by atoms with van der Waals surface area (Å²) in [4.78, 5) is 37.5. The number of hydrogen-bond donors (Lipinski definition) is 4. The van der Waals surface area contributed by atoms with Gasteiger partial charge in [-0.15, -0.1) is 0 Å². The van der Waals surface area contributed by atoms with Crippen LogP contribution in [0.15, 0.2) is 66.7 Å². The molecule has 4 N–H and O–H groups in total. The minimum atomic E-state index is -0.849. The van der Waals surface area contributed by atoms with E-state index >= 15 is 0 Å². The molecule has 37 heavy (non-hydrogen) atoms. The first-order chi connectivity index (χ1) is 17.9. The lowest BCUT2D eigenvalue weighted by atomic mass is 10.0. The average Bonchev–Trinajstić information content (AvgIpc) is 3.40. The number of anilines is 1. The van der Waals surface area contributed by atoms with E-state index < -0.39 is 17.9 Å². The van der Waals surface area contributed by atoms with Crippen LogP contribution in [0.1, 0.15) is 27.9 Å². The zero-order valence-corrected chi connectivity index (χ0v) is 20.2. The van der Waals surface area contributed by atoms with Crippen LogP contribution in [0.3, 0.4) is 0 Å². The SMILES string of the molecule is COc1ccc(C[C@H](NC(=O)CCc2ccc3c(c2)OCO3)C(=O)Nc2ccc(C(=O)NO)cc2)cc1. The Labute approximate surface area is 213 Å². The fourth-order valence-electron chi connectivity index (χ4n) is 3.83. The molecule has 0 fully saturated rings. The molecule has 1 atom stereocenters. The number of aryl methyl sites for hydroxylation is 1. The van der Waals surface area contributed by atoms with Gasteiger partial charge in [-0.1, -0.05) is 18.2 Å². The van der Waals surface area contributed by atoms with Crippen LogP contribution in [0, 0.1) is 0 Å². The monoisotopic (exact) mass is 505 g/mol. The lowest BCUT2D eigenvalue weighted by molar-refractivity contribution is -0.126. The number of hydroxylamine groups is 1. The Balaban J connectivity index is 1.42. The van der Waals surface area contributed by atoms with E-state index in [-0.39, 0.29) is 31.1 Å². The molecule has 0 bridgehead atoms. The molecule has 3 aromatic carbocycles. The number of rotatable bonds is 10. The number of nitrogens with one attached hydrogen (secondary N) is 3. The lowest BCUT2D eigenvalue weighted by Gasteiger charge is -2.19. The summed E-state index contributed by atoms with van der Waals surface area (Å²) in [5, 5.41) is 14.4. The van der Waals surface area contributed by atoms with E-state index in [0.717, 1.165) is 11.1 Å². The van der Waals surface area contributed by atoms with Crippen molar-refractivity contribution in [3.05, 3.63) is 83.4 Å². The molecule has 0 aromatic heterocycles. The van der Waals surface area contributed by atoms with Crippen molar-refractivity contribution in [2.45, 2.75) is 25.3 Å². The van der Waals surface area contributed by atoms with Crippen molar-refractivity contribution in [3.63, 3.8) is 0 Å². The predicted octanol–water partition coefficient (Wildman–Crippen LogP) is 2.84. The van der Waals surface area contributed by atoms with E-state index in [1.165, 1.54) is 24.3 Å². The maximum atomic E-state index is 13.2. The Kier molecular flexibility index (Phi) is 8.22. The normalized spacial score (nSPS) is 12.4. The number of methoxy groups -OCH3 is 1. The van der Waals surface area contributed by atoms with E-state index in [1.54, 1.807) is 24.7 Å². The summed E-state index contributed by atoms with van der Waals surface area (Å²) < 4.78 is 15.9. The lowest BCUT2D eigenvalue weighted by Crippen LogP contribution is -2.45. The minimum absolute atomic E-state index is 0.178. The Bertz CT molecular complexity index is 1260. The largest absolute Gasteiger partial charge is 0.497 e. The summed E-state index contributed by atoms with van der Waals surface area (Å²) in [6.45, 7) is 0.179. The van der Waals surface area contributed by atoms with Crippen LogP contribution in [-0.2, 0) is 22.4 Å². The maximum Gasteiger partial charge on any atom is 0.274 e. The molecule has 0 spiro atoms. The van der Waals surface area contributed by atoms with Crippen LogP contribution >= 0.6 is 0 Å². The van der Waals surface area contributed by atoms with Gasteiger partial charge < -0.3 is 24.8 Å². The van der Waals surface area contributed by atoms with E-state index in [4.69, 9.17) is 19.4 Å². The van der Waals surface area contributed by atoms with Gasteiger partial charge in [-0.3, -0.25) is 19.6 Å². The fourth-order valence-corrected chi connectivity index (χ4v) is 3.83. The molecule has 1 aliphatic heterocycles. The summed E-state index contributed by atoms with van der Waals surface area (Å²) in [5.41, 5.74) is 3.98. The smallest absolute Gasteiger partial charge is 0.274 e. The summed E-state index contributed by atoms with van der Waals surface area (Å²) in [6.07, 6.45) is 0.904. The molecule has 3 amide bonds. The number of fused-ring (bicyclic) bond motifs is 1. The molecule has 0 aliphatic carbocycles. The summed E-state index contributed by atoms with van der Waals surface area (Å²) in [5.74, 6) is 0.661. The van der Waals surface area contributed by atoms with Gasteiger partial charge in [0.2, 0.25) is 18.6 Å². The van der Waals surface area contributed by atoms with Crippen molar-refractivity contribution in [1.29, 1.82) is 0 Å². The summed E-state index contributed by atoms with van der Waals surface area (Å²) >= 11 is 0. The van der Waals surface area contributed by atoms with Gasteiger partial charge in [0.25, 0.3) is 5.91 Å². The first kappa shape index (κ1) is 25.5. The number of carbonyl (C=O) groups is 3. The molecule has 4 rings (SSSR count). The Hall–Kier alpha value is -4.57. The van der Waals surface area contributed by atoms with E-state index in [1.807, 2.05) is 30.3 Å². The molecule has 10 heteroatoms. The highest BCUT2D eigenvalue weighted by atomic mass is 16.7. The first-order valence-corrected chi connectivity index (χ1v) is 11.6. The third kappa shape index (κ3) is 6.77. The second kappa shape index (κ2) is 11.9. The highest BCUT2D eigenvalue weighted by Gasteiger charge is 2.22. The highest BCUT2D eigenvalue weighted by Crippen LogP contribution is 2.32. The number of amides is 3. The molecule has 10 nitrogen and oxygen atoms in total. The molecular formula is C27H27N3O7. The van der Waals surface area contributed by atoms with Crippen molar-refractivity contribution in [2.75, 3.05) is 19.2 Å². The van der Waals surface area contributed by atoms with Gasteiger partial charge >= 0.3 is 0 Å². The fraction of sp³-hybridized carbons (Fsp3) is 0.222. The second-order valence-corrected chi connectivity index (χ2v) is 8.37. The van der Waals surface area contributed by atoms with Crippen molar-refractivity contribution in [2.24, 2.45) is 0 Å². The molecule has 192 valence electrons. The van der Waals surface area contributed by atoms with Gasteiger partial charge in [-0.2, -0.15) is 0 Å². The molecule has 1 aliphatic rings. The number of carbonyl (C=O) groups excluding carboxylic acids is 3. The van der Waals surface area contributed by atoms with E-state index in [9.17, 15) is 14.4 Å². The molecule has 1 heterocycles. The van der Waals surface area contributed by atoms with E-state index in [2.05, 4.69) is 10.6 Å². The molecular weight excluding hydrogens is 478 g/mol. The van der Waals surface area contributed by atoms with Gasteiger partial charge in [0, 0.05) is 24.1 Å². The first-order valence-electron chi connectivity index (χ1n) is 11.6. The molecule has 0 unspecified atom stereocenters. The highest BCUT2D eigenvalue weighted by molar-refractivity contribution is 5.98. The van der Waals surface area contributed by atoms with Crippen molar-refractivity contribution in [1.82, 2.24) is 10.8 Å². The molecule has 0 radical (unpaired) electrons. The maximum absolute atomic E-state index is 13.2. The third-order valence-electron chi connectivity index (χ3n) is 5.84. The van der Waals surface area contributed by atoms with Crippen LogP contribution in [0.5, 0.6) is 17.2 Å². The zero-order valence-electron chi connectivity index (χ0n) is 20.2. The van der Waals surface area contributed by atoms with Gasteiger partial charge in [0.05, 0.1) is 7.11 Å². The number of benzene rings is 3. The van der Waals surface area contributed by atoms with Gasteiger partial charge in [-0.25, -0.2) is 5.48 Å². The van der Waals surface area contributed by atoms with Crippen molar-refractivity contribution >= 4 is 23.4 Å². The standard InChI is InChI=1S/C27H27N3O7/c1-35-21-10-2-17(3-11-21)14-22(27(33)28-20-8-6-19(7-9-20)26(32)30-34)29-25(31)13-5-18-4-12-23-24(15-18)37-16-36-23/h2-4,6-12,15,22,34H,5,13-14,16H2,1H3,(H,28,33)(H,29,31)(H,30,32)/t22-/m0/s1. The zero-order chi connectivity index (χ0) is 26.2. The topological polar surface area (TPSA) is 135 Å². The Morgan fingerprint density at radius 2 is 1.65 bits per heavy atom. The van der Waals surface area contributed by atoms with Crippen LogP contribution in [0.25, 0.3) is 0 Å². The molecule has 3 aromatic rings. The Morgan fingerprint density at radius 3 is 2.35 bits per heavy atom. The van der Waals surface area contributed by atoms with Crippen LogP contribution in [0.4, 0.5) is 5.69 Å². The molecule has 0 saturated carbocycles. The summed E-state index contributed by atoms with van der Waals surface area (Å²) in [7, 11) is 1.57. The minimum Gasteiger partial charge on any atom is -0.497 e. The van der Waals surface area contributed by atoms with Gasteiger partial charge in [0.1, 0.15) is 11.8 Å². The second-order valence-electron chi connectivity index (χ2n) is 8.37. The number of ether oxygens (including phenoxy) is 3. The van der Waals surface area contributed by atoms with Crippen molar-refractivity contribution < 1.29 is 33.8 Å². The van der Waals surface area contributed by atoms with Crippen LogP contribution < -0.4 is 30.3 Å². The Morgan fingerprint density at radius 1 is 0.946 bits per heavy atom. The number of hydrogen-bond acceptors (Lipinski definition) is 7.